The van der Waals surface area contributed by atoms with Gasteiger partial charge < -0.3 is 10.2 Å². The average molecular weight is 417 g/mol. The van der Waals surface area contributed by atoms with Gasteiger partial charge in [-0.2, -0.15) is 0 Å². The van der Waals surface area contributed by atoms with E-state index in [1.54, 1.807) is 16.2 Å². The summed E-state index contributed by atoms with van der Waals surface area (Å²) < 4.78 is 13.0. The van der Waals surface area contributed by atoms with Crippen LogP contribution in [-0.4, -0.2) is 41.6 Å². The lowest BCUT2D eigenvalue weighted by molar-refractivity contribution is -0.132. The molecule has 0 atom stereocenters. The molecule has 7 heteroatoms. The van der Waals surface area contributed by atoms with Crippen molar-refractivity contribution in [3.63, 3.8) is 0 Å². The van der Waals surface area contributed by atoms with E-state index in [0.29, 0.717) is 31.5 Å². The van der Waals surface area contributed by atoms with Crippen molar-refractivity contribution >= 4 is 28.9 Å². The van der Waals surface area contributed by atoms with Gasteiger partial charge in [-0.05, 0) is 57.0 Å². The number of aryl methyl sites for hydroxylation is 2. The Balaban J connectivity index is 1.43. The molecule has 29 heavy (non-hydrogen) atoms. The second-order valence-corrected chi connectivity index (χ2v) is 8.85. The quantitative estimate of drug-likeness (QED) is 0.727. The van der Waals surface area contributed by atoms with Crippen molar-refractivity contribution in [2.45, 2.75) is 45.6 Å². The van der Waals surface area contributed by atoms with E-state index in [1.165, 1.54) is 24.3 Å². The third kappa shape index (κ3) is 5.50. The maximum absolute atomic E-state index is 13.0. The van der Waals surface area contributed by atoms with Crippen LogP contribution in [0.4, 0.5) is 4.39 Å². The number of rotatable bonds is 6. The number of hydrogen-bond acceptors (Lipinski definition) is 4. The topological polar surface area (TPSA) is 66.5 Å². The van der Waals surface area contributed by atoms with Crippen LogP contribution in [0.1, 0.15) is 56.2 Å². The molecule has 0 saturated carbocycles. The van der Waals surface area contributed by atoms with E-state index in [4.69, 9.17) is 0 Å². The zero-order valence-electron chi connectivity index (χ0n) is 16.7. The van der Waals surface area contributed by atoms with Crippen molar-refractivity contribution in [1.29, 1.82) is 0 Å². The Bertz CT molecular complexity index is 899. The third-order valence-electron chi connectivity index (χ3n) is 5.20. The molecule has 1 fully saturated rings. The third-order valence-corrected chi connectivity index (χ3v) is 6.16. The number of Topliss-reactive ketones (excluding diaryl/α,β-unsaturated/α-hetero) is 1. The molecule has 5 nitrogen and oxygen atoms in total. The van der Waals surface area contributed by atoms with Gasteiger partial charge in [0.2, 0.25) is 5.91 Å². The van der Waals surface area contributed by atoms with Crippen LogP contribution in [0.5, 0.6) is 0 Å². The first kappa shape index (κ1) is 21.2. The van der Waals surface area contributed by atoms with Crippen LogP contribution < -0.4 is 5.32 Å². The lowest BCUT2D eigenvalue weighted by atomic mass is 10.0. The smallest absolute Gasteiger partial charge is 0.251 e. The molecule has 0 unspecified atom stereocenters. The molecule has 2 aromatic rings. The van der Waals surface area contributed by atoms with Crippen LogP contribution >= 0.6 is 11.3 Å². The molecule has 0 radical (unpaired) electrons. The highest BCUT2D eigenvalue weighted by molar-refractivity contribution is 7.12. The number of ketones is 1. The highest BCUT2D eigenvalue weighted by atomic mass is 32.1. The molecule has 1 saturated heterocycles. The Kier molecular flexibility index (Phi) is 6.79. The summed E-state index contributed by atoms with van der Waals surface area (Å²) in [5.74, 6) is -0.620. The fourth-order valence-electron chi connectivity index (χ4n) is 3.56. The molecule has 1 aliphatic heterocycles. The number of nitrogens with one attached hydrogen (secondary N) is 1. The van der Waals surface area contributed by atoms with Crippen molar-refractivity contribution in [2.24, 2.45) is 0 Å². The molecule has 154 valence electrons. The maximum atomic E-state index is 13.0. The first-order valence-corrected chi connectivity index (χ1v) is 10.6. The van der Waals surface area contributed by atoms with Crippen molar-refractivity contribution in [2.75, 3.05) is 13.1 Å². The predicted molar refractivity (Wildman–Crippen MR) is 111 cm³/mol. The van der Waals surface area contributed by atoms with E-state index in [1.807, 2.05) is 19.9 Å². The lowest BCUT2D eigenvalue weighted by Gasteiger charge is -2.32. The molecule has 1 aromatic carbocycles. The van der Waals surface area contributed by atoms with Crippen LogP contribution in [-0.2, 0) is 4.79 Å². The number of amides is 2. The summed E-state index contributed by atoms with van der Waals surface area (Å²) in [4.78, 5) is 40.9. The number of halogens is 1. The van der Waals surface area contributed by atoms with E-state index >= 15 is 0 Å². The summed E-state index contributed by atoms with van der Waals surface area (Å²) in [6, 6.07) is 7.30. The van der Waals surface area contributed by atoms with Gasteiger partial charge in [0.25, 0.3) is 5.91 Å². The molecule has 1 aromatic heterocycles. The first-order chi connectivity index (χ1) is 13.8. The summed E-state index contributed by atoms with van der Waals surface area (Å²) in [5.41, 5.74) is 1.14. The number of benzene rings is 1. The maximum Gasteiger partial charge on any atom is 0.251 e. The van der Waals surface area contributed by atoms with Gasteiger partial charge in [-0.3, -0.25) is 14.4 Å². The van der Waals surface area contributed by atoms with Gasteiger partial charge in [0.1, 0.15) is 5.82 Å². The highest BCUT2D eigenvalue weighted by Gasteiger charge is 2.25. The molecular weight excluding hydrogens is 391 g/mol. The SMILES string of the molecule is Cc1cc(C(=O)CCC(=O)N2CCC(NC(=O)c3ccc(F)cc3)CC2)c(C)s1. The summed E-state index contributed by atoms with van der Waals surface area (Å²) >= 11 is 1.59. The number of piperidine rings is 1. The first-order valence-electron chi connectivity index (χ1n) is 9.78. The van der Waals surface area contributed by atoms with Gasteiger partial charge in [-0.15, -0.1) is 11.3 Å². The minimum Gasteiger partial charge on any atom is -0.349 e. The fraction of sp³-hybridized carbons (Fsp3) is 0.409. The zero-order chi connectivity index (χ0) is 21.0. The minimum atomic E-state index is -0.379. The lowest BCUT2D eigenvalue weighted by Crippen LogP contribution is -2.46. The van der Waals surface area contributed by atoms with E-state index in [2.05, 4.69) is 5.32 Å². The predicted octanol–water partition coefficient (Wildman–Crippen LogP) is 3.89. The normalized spacial score (nSPS) is 14.7. The Hall–Kier alpha value is -2.54. The van der Waals surface area contributed by atoms with Crippen molar-refractivity contribution in [3.05, 3.63) is 57.0 Å². The van der Waals surface area contributed by atoms with Crippen LogP contribution in [0.15, 0.2) is 30.3 Å². The molecule has 1 N–H and O–H groups in total. The molecule has 0 spiro atoms. The fourth-order valence-corrected chi connectivity index (χ4v) is 4.51. The summed E-state index contributed by atoms with van der Waals surface area (Å²) in [5, 5.41) is 2.94. The Morgan fingerprint density at radius 2 is 1.76 bits per heavy atom. The second-order valence-electron chi connectivity index (χ2n) is 7.39. The Morgan fingerprint density at radius 3 is 2.34 bits per heavy atom. The van der Waals surface area contributed by atoms with Gasteiger partial charge in [0.05, 0.1) is 0 Å². The number of hydrogen-bond donors (Lipinski definition) is 1. The number of thiophene rings is 1. The summed E-state index contributed by atoms with van der Waals surface area (Å²) in [7, 11) is 0. The molecule has 0 bridgehead atoms. The molecule has 3 rings (SSSR count). The zero-order valence-corrected chi connectivity index (χ0v) is 17.5. The second kappa shape index (κ2) is 9.31. The largest absolute Gasteiger partial charge is 0.349 e. The highest BCUT2D eigenvalue weighted by Crippen LogP contribution is 2.22. The monoisotopic (exact) mass is 416 g/mol. The Labute approximate surface area is 173 Å². The van der Waals surface area contributed by atoms with Crippen molar-refractivity contribution in [3.8, 4) is 0 Å². The van der Waals surface area contributed by atoms with Crippen LogP contribution in [0.3, 0.4) is 0 Å². The summed E-state index contributed by atoms with van der Waals surface area (Å²) in [6.07, 6.45) is 1.75. The van der Waals surface area contributed by atoms with E-state index in [-0.39, 0.29) is 42.3 Å². The molecule has 2 heterocycles. The average Bonchev–Trinajstić information content (AvgIpc) is 3.05. The van der Waals surface area contributed by atoms with E-state index < -0.39 is 0 Å². The molecular formula is C22H25FN2O3S. The number of carbonyl (C=O) groups excluding carboxylic acids is 3. The minimum absolute atomic E-state index is 0.0154. The molecule has 1 aliphatic rings. The Morgan fingerprint density at radius 1 is 1.10 bits per heavy atom. The van der Waals surface area contributed by atoms with Gasteiger partial charge in [0, 0.05) is 52.9 Å². The van der Waals surface area contributed by atoms with E-state index in [0.717, 1.165) is 15.3 Å². The van der Waals surface area contributed by atoms with Crippen LogP contribution in [0.2, 0.25) is 0 Å². The van der Waals surface area contributed by atoms with Crippen molar-refractivity contribution in [1.82, 2.24) is 10.2 Å². The molecule has 2 amide bonds. The van der Waals surface area contributed by atoms with Crippen LogP contribution in [0.25, 0.3) is 0 Å². The standard InChI is InChI=1S/C22H25FN2O3S/c1-14-13-19(15(2)29-14)20(26)7-8-21(27)25-11-9-18(10-12-25)24-22(28)16-3-5-17(23)6-4-16/h3-6,13,18H,7-12H2,1-2H3,(H,24,28). The van der Waals surface area contributed by atoms with Gasteiger partial charge >= 0.3 is 0 Å². The molecule has 0 aliphatic carbocycles. The number of likely N-dealkylation sites (tertiary alicyclic amines) is 1. The van der Waals surface area contributed by atoms with E-state index in [9.17, 15) is 18.8 Å². The van der Waals surface area contributed by atoms with Gasteiger partial charge in [-0.1, -0.05) is 0 Å². The van der Waals surface area contributed by atoms with Crippen LogP contribution in [0, 0.1) is 19.7 Å². The number of nitrogens with zero attached hydrogens (tertiary/aromatic N) is 1. The summed E-state index contributed by atoms with van der Waals surface area (Å²) in [6.45, 7) is 5.01. The van der Waals surface area contributed by atoms with Gasteiger partial charge in [0.15, 0.2) is 5.78 Å². The van der Waals surface area contributed by atoms with Crippen molar-refractivity contribution < 1.29 is 18.8 Å². The number of carbonyl (C=O) groups is 3. The van der Waals surface area contributed by atoms with Gasteiger partial charge in [-0.25, -0.2) is 4.39 Å².